The molecule has 15 heavy (non-hydrogen) atoms. The molecule has 0 bridgehead atoms. The Morgan fingerprint density at radius 2 is 2.07 bits per heavy atom. The molecule has 0 radical (unpaired) electrons. The van der Waals surface area contributed by atoms with Crippen LogP contribution in [0, 0.1) is 11.8 Å². The number of rotatable bonds is 3. The van der Waals surface area contributed by atoms with Crippen molar-refractivity contribution in [3.63, 3.8) is 0 Å². The van der Waals surface area contributed by atoms with Crippen molar-refractivity contribution in [2.24, 2.45) is 11.8 Å². The fourth-order valence-corrected chi connectivity index (χ4v) is 2.51. The van der Waals surface area contributed by atoms with Gasteiger partial charge in [-0.1, -0.05) is 13.3 Å². The van der Waals surface area contributed by atoms with Gasteiger partial charge in [-0.05, 0) is 18.3 Å². The standard InChI is InChI=1S/C11H21N3O/c1-2-3-4-13-11(15)14-7-9-5-12-6-10(9)8-14/h9-10,12H,2-8H2,1H3,(H,13,15). The Hall–Kier alpha value is -0.770. The van der Waals surface area contributed by atoms with E-state index in [9.17, 15) is 4.79 Å². The van der Waals surface area contributed by atoms with E-state index in [0.717, 1.165) is 45.6 Å². The molecule has 2 aliphatic heterocycles. The molecule has 2 atom stereocenters. The summed E-state index contributed by atoms with van der Waals surface area (Å²) in [6.45, 7) is 7.01. The van der Waals surface area contributed by atoms with Crippen LogP contribution in [0.25, 0.3) is 0 Å². The topological polar surface area (TPSA) is 44.4 Å². The SMILES string of the molecule is CCCCNC(=O)N1CC2CNCC2C1. The highest BCUT2D eigenvalue weighted by Crippen LogP contribution is 2.25. The Kier molecular flexibility index (Phi) is 3.46. The highest BCUT2D eigenvalue weighted by molar-refractivity contribution is 5.74. The lowest BCUT2D eigenvalue weighted by Crippen LogP contribution is -2.40. The largest absolute Gasteiger partial charge is 0.338 e. The minimum Gasteiger partial charge on any atom is -0.338 e. The monoisotopic (exact) mass is 211 g/mol. The number of unbranched alkanes of at least 4 members (excludes halogenated alkanes) is 1. The van der Waals surface area contributed by atoms with Crippen LogP contribution in [-0.2, 0) is 0 Å². The normalized spacial score (nSPS) is 29.3. The summed E-state index contributed by atoms with van der Waals surface area (Å²) in [5, 5.41) is 6.36. The van der Waals surface area contributed by atoms with E-state index in [4.69, 9.17) is 0 Å². The maximum absolute atomic E-state index is 11.7. The van der Waals surface area contributed by atoms with Gasteiger partial charge < -0.3 is 15.5 Å². The molecule has 2 fully saturated rings. The van der Waals surface area contributed by atoms with Gasteiger partial charge in [-0.2, -0.15) is 0 Å². The number of nitrogens with zero attached hydrogens (tertiary/aromatic N) is 1. The number of hydrogen-bond acceptors (Lipinski definition) is 2. The molecule has 2 unspecified atom stereocenters. The fraction of sp³-hybridized carbons (Fsp3) is 0.909. The van der Waals surface area contributed by atoms with Crippen LogP contribution in [0.2, 0.25) is 0 Å². The van der Waals surface area contributed by atoms with E-state index in [0.29, 0.717) is 11.8 Å². The second-order valence-electron chi connectivity index (χ2n) is 4.67. The van der Waals surface area contributed by atoms with Gasteiger partial charge in [0.1, 0.15) is 0 Å². The minimum atomic E-state index is 0.137. The average Bonchev–Trinajstić information content (AvgIpc) is 2.76. The van der Waals surface area contributed by atoms with E-state index in [1.165, 1.54) is 0 Å². The molecule has 2 N–H and O–H groups in total. The van der Waals surface area contributed by atoms with Crippen LogP contribution in [0.15, 0.2) is 0 Å². The summed E-state index contributed by atoms with van der Waals surface area (Å²) < 4.78 is 0. The van der Waals surface area contributed by atoms with Gasteiger partial charge in [-0.3, -0.25) is 0 Å². The molecular formula is C11H21N3O. The first-order chi connectivity index (χ1) is 7.31. The van der Waals surface area contributed by atoms with Gasteiger partial charge in [0.25, 0.3) is 0 Å². The number of hydrogen-bond donors (Lipinski definition) is 2. The van der Waals surface area contributed by atoms with E-state index in [-0.39, 0.29) is 6.03 Å². The third kappa shape index (κ3) is 2.43. The molecule has 0 aromatic heterocycles. The number of carbonyl (C=O) groups is 1. The fourth-order valence-electron chi connectivity index (χ4n) is 2.51. The molecular weight excluding hydrogens is 190 g/mol. The van der Waals surface area contributed by atoms with E-state index in [2.05, 4.69) is 17.6 Å². The van der Waals surface area contributed by atoms with Gasteiger partial charge in [0.15, 0.2) is 0 Å². The first-order valence-corrected chi connectivity index (χ1v) is 6.04. The van der Waals surface area contributed by atoms with E-state index in [1.54, 1.807) is 0 Å². The number of nitrogens with one attached hydrogen (secondary N) is 2. The molecule has 0 saturated carbocycles. The second-order valence-corrected chi connectivity index (χ2v) is 4.67. The van der Waals surface area contributed by atoms with Crippen molar-refractivity contribution >= 4 is 6.03 Å². The predicted molar refractivity (Wildman–Crippen MR) is 59.7 cm³/mol. The maximum Gasteiger partial charge on any atom is 0.317 e. The van der Waals surface area contributed by atoms with Crippen LogP contribution in [0.5, 0.6) is 0 Å². The molecule has 4 heteroatoms. The molecule has 0 spiro atoms. The Morgan fingerprint density at radius 1 is 1.40 bits per heavy atom. The molecule has 2 rings (SSSR count). The van der Waals surface area contributed by atoms with Crippen LogP contribution >= 0.6 is 0 Å². The molecule has 0 aromatic carbocycles. The zero-order chi connectivity index (χ0) is 10.7. The van der Waals surface area contributed by atoms with Crippen LogP contribution in [0.4, 0.5) is 4.79 Å². The highest BCUT2D eigenvalue weighted by Gasteiger charge is 2.37. The lowest BCUT2D eigenvalue weighted by atomic mass is 10.0. The number of likely N-dealkylation sites (tertiary alicyclic amines) is 1. The van der Waals surface area contributed by atoms with Crippen molar-refractivity contribution in [3.05, 3.63) is 0 Å². The third-order valence-electron chi connectivity index (χ3n) is 3.48. The Labute approximate surface area is 91.4 Å². The molecule has 0 aliphatic carbocycles. The number of urea groups is 1. The average molecular weight is 211 g/mol. The van der Waals surface area contributed by atoms with Gasteiger partial charge in [-0.25, -0.2) is 4.79 Å². The quantitative estimate of drug-likeness (QED) is 0.673. The molecule has 86 valence electrons. The Bertz CT molecular complexity index is 220. The maximum atomic E-state index is 11.7. The molecule has 2 aliphatic rings. The van der Waals surface area contributed by atoms with Crippen molar-refractivity contribution in [1.82, 2.24) is 15.5 Å². The summed E-state index contributed by atoms with van der Waals surface area (Å²) in [7, 11) is 0. The Morgan fingerprint density at radius 3 is 2.67 bits per heavy atom. The van der Waals surface area contributed by atoms with Gasteiger partial charge in [-0.15, -0.1) is 0 Å². The highest BCUT2D eigenvalue weighted by atomic mass is 16.2. The second kappa shape index (κ2) is 4.84. The molecule has 0 aromatic rings. The number of carbonyl (C=O) groups excluding carboxylic acids is 1. The summed E-state index contributed by atoms with van der Waals surface area (Å²) in [6, 6.07) is 0.137. The van der Waals surface area contributed by atoms with Gasteiger partial charge in [0.2, 0.25) is 0 Å². The van der Waals surface area contributed by atoms with Crippen LogP contribution in [-0.4, -0.2) is 43.7 Å². The van der Waals surface area contributed by atoms with E-state index < -0.39 is 0 Å². The zero-order valence-electron chi connectivity index (χ0n) is 9.46. The lowest BCUT2D eigenvalue weighted by Gasteiger charge is -2.18. The van der Waals surface area contributed by atoms with Crippen molar-refractivity contribution in [3.8, 4) is 0 Å². The van der Waals surface area contributed by atoms with Crippen LogP contribution in [0.3, 0.4) is 0 Å². The Balaban J connectivity index is 1.73. The van der Waals surface area contributed by atoms with E-state index in [1.807, 2.05) is 4.90 Å². The molecule has 4 nitrogen and oxygen atoms in total. The van der Waals surface area contributed by atoms with Gasteiger partial charge in [0, 0.05) is 32.7 Å². The smallest absolute Gasteiger partial charge is 0.317 e. The third-order valence-corrected chi connectivity index (χ3v) is 3.48. The van der Waals surface area contributed by atoms with Gasteiger partial charge in [0.05, 0.1) is 0 Å². The summed E-state index contributed by atoms with van der Waals surface area (Å²) in [5.74, 6) is 1.39. The summed E-state index contributed by atoms with van der Waals surface area (Å²) in [6.07, 6.45) is 2.21. The van der Waals surface area contributed by atoms with Crippen LogP contribution < -0.4 is 10.6 Å². The van der Waals surface area contributed by atoms with E-state index >= 15 is 0 Å². The van der Waals surface area contributed by atoms with Crippen LogP contribution in [0.1, 0.15) is 19.8 Å². The predicted octanol–water partition coefficient (Wildman–Crippen LogP) is 0.647. The lowest BCUT2D eigenvalue weighted by molar-refractivity contribution is 0.205. The summed E-state index contributed by atoms with van der Waals surface area (Å²) in [4.78, 5) is 13.7. The number of amides is 2. The van der Waals surface area contributed by atoms with Crippen molar-refractivity contribution in [2.45, 2.75) is 19.8 Å². The molecule has 2 amide bonds. The molecule has 2 heterocycles. The molecule has 2 saturated heterocycles. The summed E-state index contributed by atoms with van der Waals surface area (Å²) >= 11 is 0. The zero-order valence-corrected chi connectivity index (χ0v) is 9.46. The number of fused-ring (bicyclic) bond motifs is 1. The minimum absolute atomic E-state index is 0.137. The van der Waals surface area contributed by atoms with Gasteiger partial charge >= 0.3 is 6.03 Å². The summed E-state index contributed by atoms with van der Waals surface area (Å²) in [5.41, 5.74) is 0. The van der Waals surface area contributed by atoms with Crippen molar-refractivity contribution in [2.75, 3.05) is 32.7 Å². The van der Waals surface area contributed by atoms with Crippen molar-refractivity contribution < 1.29 is 4.79 Å². The van der Waals surface area contributed by atoms with Crippen molar-refractivity contribution in [1.29, 1.82) is 0 Å². The first-order valence-electron chi connectivity index (χ1n) is 6.04. The first kappa shape index (κ1) is 10.7.